The zero-order valence-corrected chi connectivity index (χ0v) is 18.6. The highest BCUT2D eigenvalue weighted by Gasteiger charge is 2.31. The van der Waals surface area contributed by atoms with Gasteiger partial charge in [-0.05, 0) is 51.0 Å². The van der Waals surface area contributed by atoms with E-state index in [1.807, 2.05) is 44.4 Å². The van der Waals surface area contributed by atoms with Gasteiger partial charge in [-0.1, -0.05) is 0 Å². The number of carbonyl (C=O) groups excluding carboxylic acids is 1. The van der Waals surface area contributed by atoms with E-state index < -0.39 is 0 Å². The lowest BCUT2D eigenvalue weighted by molar-refractivity contribution is -0.119. The van der Waals surface area contributed by atoms with Crippen LogP contribution in [0.3, 0.4) is 0 Å². The highest BCUT2D eigenvalue weighted by Crippen LogP contribution is 2.41. The minimum Gasteiger partial charge on any atom is -0.493 e. The van der Waals surface area contributed by atoms with Gasteiger partial charge in [-0.15, -0.1) is 0 Å². The van der Waals surface area contributed by atoms with Gasteiger partial charge in [-0.25, -0.2) is 9.97 Å². The molecule has 1 N–H and O–H groups in total. The summed E-state index contributed by atoms with van der Waals surface area (Å²) in [5.41, 5.74) is 3.41. The van der Waals surface area contributed by atoms with Crippen LogP contribution in [0.5, 0.6) is 17.4 Å². The number of pyridine rings is 1. The second kappa shape index (κ2) is 8.33. The summed E-state index contributed by atoms with van der Waals surface area (Å²) in [6.07, 6.45) is 4.48. The summed E-state index contributed by atoms with van der Waals surface area (Å²) in [7, 11) is 1.63. The zero-order chi connectivity index (χ0) is 22.2. The van der Waals surface area contributed by atoms with Gasteiger partial charge in [-0.3, -0.25) is 4.79 Å². The van der Waals surface area contributed by atoms with Crippen LogP contribution >= 0.6 is 0 Å². The number of rotatable bonds is 8. The Morgan fingerprint density at radius 3 is 2.78 bits per heavy atom. The third-order valence-electron chi connectivity index (χ3n) is 6.19. The monoisotopic (exact) mass is 436 g/mol. The summed E-state index contributed by atoms with van der Waals surface area (Å²) in [5, 5.41) is 2.89. The van der Waals surface area contributed by atoms with E-state index in [0.717, 1.165) is 35.1 Å². The van der Waals surface area contributed by atoms with Crippen LogP contribution in [0.1, 0.15) is 39.2 Å². The fraction of sp³-hybridized carbons (Fsp3) is 0.458. The summed E-state index contributed by atoms with van der Waals surface area (Å²) in [6, 6.07) is 8.21. The second-order valence-electron chi connectivity index (χ2n) is 8.45. The molecule has 168 valence electrons. The van der Waals surface area contributed by atoms with Gasteiger partial charge in [0.25, 0.3) is 0 Å². The van der Waals surface area contributed by atoms with Crippen molar-refractivity contribution in [1.29, 1.82) is 0 Å². The molecule has 2 fully saturated rings. The largest absolute Gasteiger partial charge is 0.493 e. The normalized spacial score (nSPS) is 19.1. The summed E-state index contributed by atoms with van der Waals surface area (Å²) in [6.45, 7) is 5.11. The Labute approximate surface area is 186 Å². The first-order chi connectivity index (χ1) is 15.6. The van der Waals surface area contributed by atoms with Crippen molar-refractivity contribution in [3.05, 3.63) is 30.6 Å². The van der Waals surface area contributed by atoms with Crippen LogP contribution in [0.4, 0.5) is 0 Å². The van der Waals surface area contributed by atoms with Crippen LogP contribution in [0.25, 0.3) is 22.3 Å². The summed E-state index contributed by atoms with van der Waals surface area (Å²) < 4.78 is 19.7. The van der Waals surface area contributed by atoms with Crippen molar-refractivity contribution in [2.75, 3.05) is 20.3 Å². The van der Waals surface area contributed by atoms with Crippen LogP contribution < -0.4 is 19.5 Å². The number of hydrogen-bond acceptors (Lipinski definition) is 6. The minimum atomic E-state index is -0.155. The molecule has 1 aliphatic carbocycles. The number of nitrogens with zero attached hydrogens (tertiary/aromatic N) is 3. The first-order valence-electron chi connectivity index (χ1n) is 11.2. The number of carbonyl (C=O) groups is 1. The Bertz CT molecular complexity index is 1150. The Balaban J connectivity index is 1.56. The molecule has 32 heavy (non-hydrogen) atoms. The van der Waals surface area contributed by atoms with Crippen molar-refractivity contribution >= 4 is 16.9 Å². The predicted molar refractivity (Wildman–Crippen MR) is 120 cm³/mol. The fourth-order valence-corrected chi connectivity index (χ4v) is 4.22. The van der Waals surface area contributed by atoms with E-state index in [0.29, 0.717) is 43.0 Å². The molecule has 1 aromatic carbocycles. The molecule has 1 amide bonds. The fourth-order valence-electron chi connectivity index (χ4n) is 4.22. The lowest BCUT2D eigenvalue weighted by Gasteiger charge is -2.20. The van der Waals surface area contributed by atoms with E-state index in [2.05, 4.69) is 14.9 Å². The number of hydrogen-bond donors (Lipinski definition) is 1. The van der Waals surface area contributed by atoms with Gasteiger partial charge in [0, 0.05) is 30.5 Å². The van der Waals surface area contributed by atoms with Gasteiger partial charge < -0.3 is 24.1 Å². The molecular formula is C24H28N4O4. The molecule has 2 aliphatic rings. The molecule has 8 nitrogen and oxygen atoms in total. The number of nitrogens with one attached hydrogen (secondary N) is 1. The van der Waals surface area contributed by atoms with Crippen LogP contribution in [-0.2, 0) is 4.79 Å². The zero-order valence-electron chi connectivity index (χ0n) is 18.6. The number of methoxy groups -OCH3 is 1. The van der Waals surface area contributed by atoms with E-state index in [4.69, 9.17) is 19.2 Å². The number of imidazole rings is 1. The Morgan fingerprint density at radius 2 is 2.09 bits per heavy atom. The molecule has 3 heterocycles. The second-order valence-corrected chi connectivity index (χ2v) is 8.45. The van der Waals surface area contributed by atoms with E-state index >= 15 is 0 Å². The van der Waals surface area contributed by atoms with Crippen molar-refractivity contribution in [3.63, 3.8) is 0 Å². The molecule has 1 saturated heterocycles. The molecule has 8 heteroatoms. The molecule has 0 spiro atoms. The number of fused-ring (bicyclic) bond motifs is 1. The van der Waals surface area contributed by atoms with E-state index in [1.54, 1.807) is 7.11 Å². The van der Waals surface area contributed by atoms with Gasteiger partial charge in [0.1, 0.15) is 11.6 Å². The standard InChI is InChI=1S/C24H28N4O4/c1-4-31-21-9-15(5-8-20(21)30-3)18-11-19-23(28(13-26-19)17-6-7-17)24(27-18)32-14(2)16-10-22(29)25-12-16/h5,8-9,11,13-14,16-17H,4,6-7,10,12H2,1-3H3,(H,25,29)/t14-,16-/m1/s1. The summed E-state index contributed by atoms with van der Waals surface area (Å²) in [4.78, 5) is 21.3. The predicted octanol–water partition coefficient (Wildman–Crippen LogP) is 3.74. The number of amides is 1. The Hall–Kier alpha value is -3.29. The van der Waals surface area contributed by atoms with Gasteiger partial charge in [0.05, 0.1) is 31.3 Å². The van der Waals surface area contributed by atoms with Crippen LogP contribution in [0.2, 0.25) is 0 Å². The van der Waals surface area contributed by atoms with Crippen LogP contribution in [0.15, 0.2) is 30.6 Å². The quantitative estimate of drug-likeness (QED) is 0.579. The molecule has 0 radical (unpaired) electrons. The maximum absolute atomic E-state index is 11.7. The smallest absolute Gasteiger partial charge is 0.241 e. The topological polar surface area (TPSA) is 87.5 Å². The van der Waals surface area contributed by atoms with Gasteiger partial charge in [0.2, 0.25) is 11.8 Å². The van der Waals surface area contributed by atoms with E-state index in [-0.39, 0.29) is 17.9 Å². The highest BCUT2D eigenvalue weighted by atomic mass is 16.5. The molecule has 0 unspecified atom stereocenters. The Morgan fingerprint density at radius 1 is 1.25 bits per heavy atom. The average Bonchev–Trinajstić information content (AvgIpc) is 3.39. The van der Waals surface area contributed by atoms with Crippen molar-refractivity contribution in [1.82, 2.24) is 19.9 Å². The van der Waals surface area contributed by atoms with Gasteiger partial charge >= 0.3 is 0 Å². The maximum atomic E-state index is 11.7. The van der Waals surface area contributed by atoms with Crippen molar-refractivity contribution < 1.29 is 19.0 Å². The number of ether oxygens (including phenoxy) is 3. The Kier molecular flexibility index (Phi) is 5.36. The number of benzene rings is 1. The van der Waals surface area contributed by atoms with Crippen molar-refractivity contribution in [2.24, 2.45) is 5.92 Å². The molecular weight excluding hydrogens is 408 g/mol. The lowest BCUT2D eigenvalue weighted by atomic mass is 10.0. The van der Waals surface area contributed by atoms with Crippen LogP contribution in [0, 0.1) is 5.92 Å². The SMILES string of the molecule is CCOc1cc(-c2cc3ncn(C4CC4)c3c(O[C@H](C)[C@H]3CNC(=O)C3)n2)ccc1OC. The third-order valence-corrected chi connectivity index (χ3v) is 6.19. The first kappa shape index (κ1) is 20.6. The van der Waals surface area contributed by atoms with Crippen molar-refractivity contribution in [2.45, 2.75) is 45.3 Å². The van der Waals surface area contributed by atoms with E-state index in [9.17, 15) is 4.79 Å². The third kappa shape index (κ3) is 3.85. The van der Waals surface area contributed by atoms with Crippen molar-refractivity contribution in [3.8, 4) is 28.6 Å². The maximum Gasteiger partial charge on any atom is 0.241 e. The molecule has 3 aromatic rings. The van der Waals surface area contributed by atoms with Crippen LogP contribution in [-0.4, -0.2) is 46.8 Å². The highest BCUT2D eigenvalue weighted by molar-refractivity contribution is 5.85. The molecule has 2 atom stereocenters. The lowest BCUT2D eigenvalue weighted by Crippen LogP contribution is -2.26. The molecule has 0 bridgehead atoms. The molecule has 1 aliphatic heterocycles. The minimum absolute atomic E-state index is 0.0713. The average molecular weight is 437 g/mol. The van der Waals surface area contributed by atoms with Gasteiger partial charge in [0.15, 0.2) is 11.5 Å². The molecule has 5 rings (SSSR count). The molecule has 2 aromatic heterocycles. The summed E-state index contributed by atoms with van der Waals surface area (Å²) in [5.74, 6) is 2.10. The first-order valence-corrected chi connectivity index (χ1v) is 11.2. The molecule has 1 saturated carbocycles. The van der Waals surface area contributed by atoms with Gasteiger partial charge in [-0.2, -0.15) is 0 Å². The van der Waals surface area contributed by atoms with E-state index in [1.165, 1.54) is 0 Å². The number of aromatic nitrogens is 3. The summed E-state index contributed by atoms with van der Waals surface area (Å²) >= 11 is 0.